The van der Waals surface area contributed by atoms with Crippen LogP contribution < -0.4 is 15.4 Å². The molecule has 24 heavy (non-hydrogen) atoms. The Labute approximate surface area is 139 Å². The van der Waals surface area contributed by atoms with Gasteiger partial charge in [0.05, 0.1) is 12.8 Å². The van der Waals surface area contributed by atoms with Crippen molar-refractivity contribution >= 4 is 11.6 Å². The molecule has 0 aliphatic heterocycles. The largest absolute Gasteiger partial charge is 0.497 e. The minimum Gasteiger partial charge on any atom is -0.497 e. The van der Waals surface area contributed by atoms with Gasteiger partial charge in [0.25, 0.3) is 0 Å². The number of hydrogen-bond donors (Lipinski definition) is 2. The Morgan fingerprint density at radius 1 is 1.08 bits per heavy atom. The van der Waals surface area contributed by atoms with E-state index in [0.717, 1.165) is 23.8 Å². The van der Waals surface area contributed by atoms with Gasteiger partial charge in [-0.2, -0.15) is 0 Å². The highest BCUT2D eigenvalue weighted by Crippen LogP contribution is 2.14. The summed E-state index contributed by atoms with van der Waals surface area (Å²) in [4.78, 5) is 11.7. The smallest absolute Gasteiger partial charge is 0.221 e. The second-order valence-corrected chi connectivity index (χ2v) is 5.25. The van der Waals surface area contributed by atoms with E-state index in [1.165, 1.54) is 12.1 Å². The summed E-state index contributed by atoms with van der Waals surface area (Å²) in [6, 6.07) is 10.9. The minimum atomic E-state index is -0.671. The van der Waals surface area contributed by atoms with Crippen LogP contribution in [0.25, 0.3) is 0 Å². The van der Waals surface area contributed by atoms with Crippen LogP contribution in [0.1, 0.15) is 12.0 Å². The van der Waals surface area contributed by atoms with Crippen molar-refractivity contribution in [2.24, 2.45) is 0 Å². The number of anilines is 1. The number of ether oxygens (including phenoxy) is 1. The molecule has 1 amide bonds. The van der Waals surface area contributed by atoms with Crippen LogP contribution in [0.3, 0.4) is 0 Å². The lowest BCUT2D eigenvalue weighted by Gasteiger charge is -2.09. The number of hydrogen-bond acceptors (Lipinski definition) is 3. The maximum absolute atomic E-state index is 13.4. The average molecular weight is 334 g/mol. The second kappa shape index (κ2) is 8.86. The van der Waals surface area contributed by atoms with E-state index in [1.54, 1.807) is 7.11 Å². The van der Waals surface area contributed by atoms with Crippen molar-refractivity contribution in [3.05, 3.63) is 59.7 Å². The fraction of sp³-hybridized carbons (Fsp3) is 0.278. The van der Waals surface area contributed by atoms with Crippen molar-refractivity contribution in [2.75, 3.05) is 25.5 Å². The topological polar surface area (TPSA) is 50.4 Å². The molecule has 0 saturated carbocycles. The average Bonchev–Trinajstić information content (AvgIpc) is 2.57. The zero-order valence-corrected chi connectivity index (χ0v) is 13.4. The molecule has 0 radical (unpaired) electrons. The van der Waals surface area contributed by atoms with Crippen molar-refractivity contribution in [1.29, 1.82) is 0 Å². The SMILES string of the molecule is COc1ccc(CCNC(=O)CCNc2ccc(F)cc2F)cc1. The Kier molecular flexibility index (Phi) is 6.54. The number of nitrogens with one attached hydrogen (secondary N) is 2. The zero-order valence-electron chi connectivity index (χ0n) is 13.4. The normalized spacial score (nSPS) is 10.3. The molecule has 0 unspecified atom stereocenters. The lowest BCUT2D eigenvalue weighted by Crippen LogP contribution is -2.27. The summed E-state index contributed by atoms with van der Waals surface area (Å²) in [7, 11) is 1.61. The van der Waals surface area contributed by atoms with E-state index in [9.17, 15) is 13.6 Å². The summed E-state index contributed by atoms with van der Waals surface area (Å²) < 4.78 is 31.3. The highest BCUT2D eigenvalue weighted by atomic mass is 19.1. The number of carbonyl (C=O) groups is 1. The highest BCUT2D eigenvalue weighted by molar-refractivity contribution is 5.76. The molecule has 0 bridgehead atoms. The maximum atomic E-state index is 13.4. The number of carbonyl (C=O) groups excluding carboxylic acids is 1. The van der Waals surface area contributed by atoms with E-state index in [-0.39, 0.29) is 24.6 Å². The number of rotatable bonds is 8. The molecule has 0 heterocycles. The lowest BCUT2D eigenvalue weighted by atomic mass is 10.1. The van der Waals surface area contributed by atoms with E-state index >= 15 is 0 Å². The first kappa shape index (κ1) is 17.7. The number of amides is 1. The third kappa shape index (κ3) is 5.53. The molecule has 0 aliphatic rings. The van der Waals surface area contributed by atoms with Gasteiger partial charge in [-0.1, -0.05) is 12.1 Å². The minimum absolute atomic E-state index is 0.126. The molecule has 2 aromatic carbocycles. The fourth-order valence-corrected chi connectivity index (χ4v) is 2.17. The summed E-state index contributed by atoms with van der Waals surface area (Å²) >= 11 is 0. The third-order valence-electron chi connectivity index (χ3n) is 3.49. The maximum Gasteiger partial charge on any atom is 0.221 e. The molecular formula is C18H20F2N2O2. The lowest BCUT2D eigenvalue weighted by molar-refractivity contribution is -0.120. The van der Waals surface area contributed by atoms with Gasteiger partial charge in [0.2, 0.25) is 5.91 Å². The highest BCUT2D eigenvalue weighted by Gasteiger charge is 2.05. The number of halogens is 2. The first-order valence-corrected chi connectivity index (χ1v) is 7.67. The molecule has 0 atom stereocenters. The summed E-state index contributed by atoms with van der Waals surface area (Å²) in [5, 5.41) is 5.58. The summed E-state index contributed by atoms with van der Waals surface area (Å²) in [5.41, 5.74) is 1.28. The first-order chi connectivity index (χ1) is 11.6. The molecule has 0 aliphatic carbocycles. The van der Waals surface area contributed by atoms with E-state index in [1.807, 2.05) is 24.3 Å². The number of benzene rings is 2. The first-order valence-electron chi connectivity index (χ1n) is 7.67. The van der Waals surface area contributed by atoms with E-state index < -0.39 is 11.6 Å². The molecule has 6 heteroatoms. The fourth-order valence-electron chi connectivity index (χ4n) is 2.17. The molecule has 2 rings (SSSR count). The molecule has 2 aromatic rings. The standard InChI is InChI=1S/C18H20F2N2O2/c1-24-15-5-2-13(3-6-15)8-10-22-18(23)9-11-21-17-7-4-14(19)12-16(17)20/h2-7,12,21H,8-11H2,1H3,(H,22,23). The Morgan fingerprint density at radius 2 is 1.83 bits per heavy atom. The van der Waals surface area contributed by atoms with Crippen molar-refractivity contribution in [3.8, 4) is 5.75 Å². The van der Waals surface area contributed by atoms with E-state index in [4.69, 9.17) is 4.74 Å². The second-order valence-electron chi connectivity index (χ2n) is 5.25. The molecular weight excluding hydrogens is 314 g/mol. The molecule has 0 saturated heterocycles. The molecule has 4 nitrogen and oxygen atoms in total. The van der Waals surface area contributed by atoms with Crippen molar-refractivity contribution in [2.45, 2.75) is 12.8 Å². The van der Waals surface area contributed by atoms with Gasteiger partial charge in [0, 0.05) is 25.6 Å². The van der Waals surface area contributed by atoms with Crippen LogP contribution >= 0.6 is 0 Å². The van der Waals surface area contributed by atoms with E-state index in [0.29, 0.717) is 6.54 Å². The summed E-state index contributed by atoms with van der Waals surface area (Å²) in [5.74, 6) is -0.635. The van der Waals surface area contributed by atoms with Crippen LogP contribution in [0.5, 0.6) is 5.75 Å². The summed E-state index contributed by atoms with van der Waals surface area (Å²) in [6.45, 7) is 0.799. The Hall–Kier alpha value is -2.63. The van der Waals surface area contributed by atoms with Crippen molar-refractivity contribution < 1.29 is 18.3 Å². The van der Waals surface area contributed by atoms with Crippen LogP contribution in [-0.4, -0.2) is 26.1 Å². The van der Waals surface area contributed by atoms with E-state index in [2.05, 4.69) is 10.6 Å². The quantitative estimate of drug-likeness (QED) is 0.780. The van der Waals surface area contributed by atoms with Crippen LogP contribution in [-0.2, 0) is 11.2 Å². The molecule has 2 N–H and O–H groups in total. The monoisotopic (exact) mass is 334 g/mol. The molecule has 0 fully saturated rings. The van der Waals surface area contributed by atoms with Gasteiger partial charge >= 0.3 is 0 Å². The van der Waals surface area contributed by atoms with Gasteiger partial charge in [0.1, 0.15) is 17.4 Å². The van der Waals surface area contributed by atoms with Gasteiger partial charge in [-0.25, -0.2) is 8.78 Å². The van der Waals surface area contributed by atoms with Gasteiger partial charge < -0.3 is 15.4 Å². The predicted molar refractivity (Wildman–Crippen MR) is 89.2 cm³/mol. The molecule has 128 valence electrons. The molecule has 0 aromatic heterocycles. The van der Waals surface area contributed by atoms with Gasteiger partial charge in [-0.05, 0) is 36.2 Å². The van der Waals surface area contributed by atoms with Crippen LogP contribution in [0, 0.1) is 11.6 Å². The van der Waals surface area contributed by atoms with Crippen LogP contribution in [0.4, 0.5) is 14.5 Å². The Bertz CT molecular complexity index is 675. The van der Waals surface area contributed by atoms with Crippen LogP contribution in [0.15, 0.2) is 42.5 Å². The number of methoxy groups -OCH3 is 1. The summed E-state index contributed by atoms with van der Waals surface area (Å²) in [6.07, 6.45) is 0.926. The Morgan fingerprint density at radius 3 is 2.50 bits per heavy atom. The predicted octanol–water partition coefficient (Wildman–Crippen LogP) is 3.13. The third-order valence-corrected chi connectivity index (χ3v) is 3.49. The van der Waals surface area contributed by atoms with Crippen molar-refractivity contribution in [3.63, 3.8) is 0 Å². The van der Waals surface area contributed by atoms with Gasteiger partial charge in [0.15, 0.2) is 0 Å². The van der Waals surface area contributed by atoms with Gasteiger partial charge in [-0.3, -0.25) is 4.79 Å². The van der Waals surface area contributed by atoms with Crippen LogP contribution in [0.2, 0.25) is 0 Å². The molecule has 0 spiro atoms. The van der Waals surface area contributed by atoms with Gasteiger partial charge in [-0.15, -0.1) is 0 Å². The van der Waals surface area contributed by atoms with Crippen molar-refractivity contribution in [1.82, 2.24) is 5.32 Å². The Balaban J connectivity index is 1.66. The zero-order chi connectivity index (χ0) is 17.4.